The predicted molar refractivity (Wildman–Crippen MR) is 116 cm³/mol. The van der Waals surface area contributed by atoms with Crippen molar-refractivity contribution in [1.82, 2.24) is 4.57 Å². The van der Waals surface area contributed by atoms with Gasteiger partial charge in [-0.05, 0) is 63.4 Å². The lowest BCUT2D eigenvalue weighted by molar-refractivity contribution is -0.131. The Balaban J connectivity index is 1.83. The first-order valence-corrected chi connectivity index (χ1v) is 10.7. The Morgan fingerprint density at radius 3 is 2.61 bits per heavy atom. The highest BCUT2D eigenvalue weighted by Gasteiger charge is 2.39. The van der Waals surface area contributed by atoms with E-state index in [9.17, 15) is 14.9 Å². The van der Waals surface area contributed by atoms with Crippen LogP contribution in [-0.2, 0) is 19.9 Å². The molecular weight excluding hydrogens is 394 g/mol. The van der Waals surface area contributed by atoms with Gasteiger partial charge in [0, 0.05) is 11.3 Å². The van der Waals surface area contributed by atoms with Crippen molar-refractivity contribution < 1.29 is 19.1 Å². The normalized spacial score (nSPS) is 17.9. The summed E-state index contributed by atoms with van der Waals surface area (Å²) in [5, 5.41) is 12.5. The van der Waals surface area contributed by atoms with Gasteiger partial charge in [0.05, 0.1) is 11.3 Å². The average Bonchev–Trinajstić information content (AvgIpc) is 3.11. The van der Waals surface area contributed by atoms with Gasteiger partial charge in [0.1, 0.15) is 24.0 Å². The first-order chi connectivity index (χ1) is 14.7. The number of nitrogens with zero attached hydrogens (tertiary/aromatic N) is 2. The van der Waals surface area contributed by atoms with Crippen LogP contribution in [0.1, 0.15) is 64.1 Å². The lowest BCUT2D eigenvalue weighted by Gasteiger charge is -2.37. The van der Waals surface area contributed by atoms with E-state index in [0.29, 0.717) is 5.69 Å². The third kappa shape index (κ3) is 4.08. The van der Waals surface area contributed by atoms with Crippen LogP contribution in [0, 0.1) is 11.3 Å². The summed E-state index contributed by atoms with van der Waals surface area (Å²) >= 11 is 0. The summed E-state index contributed by atoms with van der Waals surface area (Å²) in [4.78, 5) is 25.1. The van der Waals surface area contributed by atoms with E-state index in [1.807, 2.05) is 18.2 Å². The molecule has 1 N–H and O–H groups in total. The van der Waals surface area contributed by atoms with E-state index in [-0.39, 0.29) is 18.2 Å². The van der Waals surface area contributed by atoms with E-state index in [0.717, 1.165) is 48.9 Å². The van der Waals surface area contributed by atoms with Gasteiger partial charge >= 0.3 is 6.09 Å². The molecule has 1 spiro atoms. The maximum Gasteiger partial charge on any atom is 0.420 e. The number of hydrogen-bond donors (Lipinski definition) is 1. The maximum atomic E-state index is 12.9. The Hall–Kier alpha value is -3.11. The van der Waals surface area contributed by atoms with E-state index >= 15 is 0 Å². The fourth-order valence-corrected chi connectivity index (χ4v) is 4.45. The van der Waals surface area contributed by atoms with E-state index in [2.05, 4.69) is 11.4 Å². The number of aromatic nitrogens is 1. The zero-order valence-electron chi connectivity index (χ0n) is 18.2. The first-order valence-electron chi connectivity index (χ1n) is 10.7. The summed E-state index contributed by atoms with van der Waals surface area (Å²) < 4.78 is 13.0. The number of hydrogen-bond acceptors (Lipinski definition) is 5. The smallest absolute Gasteiger partial charge is 0.420 e. The number of fused-ring (bicyclic) bond motifs is 2. The molecule has 2 aliphatic rings. The minimum absolute atomic E-state index is 0.0247. The molecule has 0 atom stereocenters. The Bertz CT molecular complexity index is 1070. The molecular formula is C24H27N3O4. The Morgan fingerprint density at radius 1 is 1.19 bits per heavy atom. The van der Waals surface area contributed by atoms with Gasteiger partial charge in [0.2, 0.25) is 5.91 Å². The van der Waals surface area contributed by atoms with Gasteiger partial charge < -0.3 is 14.8 Å². The second-order valence-electron chi connectivity index (χ2n) is 9.18. The van der Waals surface area contributed by atoms with Crippen molar-refractivity contribution in [3.63, 3.8) is 0 Å². The highest BCUT2D eigenvalue weighted by Crippen LogP contribution is 2.46. The number of amides is 1. The molecule has 1 fully saturated rings. The lowest BCUT2D eigenvalue weighted by Crippen LogP contribution is -2.32. The van der Waals surface area contributed by atoms with Crippen molar-refractivity contribution in [3.05, 3.63) is 41.6 Å². The highest BCUT2D eigenvalue weighted by molar-refractivity contribution is 5.94. The van der Waals surface area contributed by atoms with Crippen LogP contribution < -0.4 is 5.32 Å². The largest absolute Gasteiger partial charge is 0.443 e. The quantitative estimate of drug-likeness (QED) is 0.704. The lowest BCUT2D eigenvalue weighted by atomic mass is 9.78. The van der Waals surface area contributed by atoms with Crippen LogP contribution in [0.25, 0.3) is 11.3 Å². The Kier molecular flexibility index (Phi) is 5.36. The number of nitrogens with one attached hydrogen (secondary N) is 1. The maximum absolute atomic E-state index is 12.9. The Morgan fingerprint density at radius 2 is 1.94 bits per heavy atom. The van der Waals surface area contributed by atoms with Gasteiger partial charge in [-0.2, -0.15) is 5.26 Å². The van der Waals surface area contributed by atoms with Gasteiger partial charge in [-0.25, -0.2) is 9.36 Å². The minimum Gasteiger partial charge on any atom is -0.443 e. The van der Waals surface area contributed by atoms with Crippen LogP contribution in [-0.4, -0.2) is 28.8 Å². The monoisotopic (exact) mass is 421 g/mol. The van der Waals surface area contributed by atoms with E-state index in [4.69, 9.17) is 9.47 Å². The summed E-state index contributed by atoms with van der Waals surface area (Å²) in [5.41, 5.74) is 1.98. The van der Waals surface area contributed by atoms with Crippen LogP contribution in [0.4, 0.5) is 10.5 Å². The molecule has 162 valence electrons. The molecule has 0 unspecified atom stereocenters. The molecule has 4 rings (SSSR count). The van der Waals surface area contributed by atoms with Crippen LogP contribution in [0.5, 0.6) is 0 Å². The number of nitriles is 1. The third-order valence-electron chi connectivity index (χ3n) is 5.79. The summed E-state index contributed by atoms with van der Waals surface area (Å²) in [7, 11) is 0. The topological polar surface area (TPSA) is 93.3 Å². The standard InChI is InChI=1S/C24H27N3O4/c1-23(2,3)31-22(29)27-17(14-25)8-10-20(27)16-7-9-19-18(13-16)24(11-5-4-6-12-24)30-15-21(28)26-19/h7-10,13H,4-6,11-12,15H2,1-3H3,(H,26,28). The van der Waals surface area contributed by atoms with Crippen LogP contribution in [0.15, 0.2) is 30.3 Å². The molecule has 1 aliphatic carbocycles. The first kappa shape index (κ1) is 21.1. The second-order valence-corrected chi connectivity index (χ2v) is 9.18. The molecule has 1 aromatic heterocycles. The Labute approximate surface area is 181 Å². The number of ether oxygens (including phenoxy) is 2. The summed E-state index contributed by atoms with van der Waals surface area (Å²) in [5.74, 6) is -0.166. The van der Waals surface area contributed by atoms with Gasteiger partial charge in [0.15, 0.2) is 0 Å². The van der Waals surface area contributed by atoms with Crippen molar-refractivity contribution in [2.24, 2.45) is 0 Å². The average molecular weight is 421 g/mol. The van der Waals surface area contributed by atoms with Crippen LogP contribution in [0.3, 0.4) is 0 Å². The molecule has 7 heteroatoms. The van der Waals surface area contributed by atoms with Crippen LogP contribution in [0.2, 0.25) is 0 Å². The molecule has 0 bridgehead atoms. The predicted octanol–water partition coefficient (Wildman–Crippen LogP) is 4.94. The number of rotatable bonds is 1. The van der Waals surface area contributed by atoms with Crippen molar-refractivity contribution in [2.45, 2.75) is 64.1 Å². The summed E-state index contributed by atoms with van der Waals surface area (Å²) in [6.45, 7) is 5.39. The minimum atomic E-state index is -0.691. The molecule has 2 aromatic rings. The van der Waals surface area contributed by atoms with Gasteiger partial charge in [0.25, 0.3) is 0 Å². The van der Waals surface area contributed by atoms with Gasteiger partial charge in [-0.3, -0.25) is 4.79 Å². The van der Waals surface area contributed by atoms with E-state index < -0.39 is 17.3 Å². The third-order valence-corrected chi connectivity index (χ3v) is 5.79. The fraction of sp³-hybridized carbons (Fsp3) is 0.458. The van der Waals surface area contributed by atoms with Gasteiger partial charge in [-0.1, -0.05) is 25.3 Å². The molecule has 1 aromatic carbocycles. The molecule has 7 nitrogen and oxygen atoms in total. The number of benzene rings is 1. The zero-order chi connectivity index (χ0) is 22.2. The number of anilines is 1. The van der Waals surface area contributed by atoms with E-state index in [1.165, 1.54) is 4.57 Å². The molecule has 0 saturated heterocycles. The fourth-order valence-electron chi connectivity index (χ4n) is 4.45. The molecule has 1 aliphatic heterocycles. The SMILES string of the molecule is CC(C)(C)OC(=O)n1c(C#N)ccc1-c1ccc2c(c1)C1(CCCCC1)OCC(=O)N2. The van der Waals surface area contributed by atoms with Crippen molar-refractivity contribution >= 4 is 17.7 Å². The van der Waals surface area contributed by atoms with Crippen LogP contribution >= 0.6 is 0 Å². The van der Waals surface area contributed by atoms with Crippen molar-refractivity contribution in [3.8, 4) is 17.3 Å². The number of carbonyl (C=O) groups is 2. The number of carbonyl (C=O) groups excluding carboxylic acids is 2. The molecule has 31 heavy (non-hydrogen) atoms. The molecule has 1 saturated carbocycles. The second kappa shape index (κ2) is 7.86. The molecule has 2 heterocycles. The van der Waals surface area contributed by atoms with Crippen molar-refractivity contribution in [2.75, 3.05) is 11.9 Å². The zero-order valence-corrected chi connectivity index (χ0v) is 18.2. The van der Waals surface area contributed by atoms with E-state index in [1.54, 1.807) is 32.9 Å². The van der Waals surface area contributed by atoms with Crippen molar-refractivity contribution in [1.29, 1.82) is 5.26 Å². The summed E-state index contributed by atoms with van der Waals surface area (Å²) in [6, 6.07) is 11.1. The molecule has 1 amide bonds. The highest BCUT2D eigenvalue weighted by atomic mass is 16.6. The van der Waals surface area contributed by atoms with Gasteiger partial charge in [-0.15, -0.1) is 0 Å². The molecule has 0 radical (unpaired) electrons. The summed E-state index contributed by atoms with van der Waals surface area (Å²) in [6.07, 6.45) is 4.30.